The predicted molar refractivity (Wildman–Crippen MR) is 95.3 cm³/mol. The standard InChI is InChI=1S/C14H9BrClN3O2S2/c15-11-6-5-10(21-11)12(20)17-13-18-19-14(23-13)22-7-8-1-3-9(16)4-2-8/h1-6H,7H2,(H,17,18,20). The second kappa shape index (κ2) is 7.48. The van der Waals surface area contributed by atoms with E-state index in [0.29, 0.717) is 14.8 Å². The SMILES string of the molecule is O=C(Nc1nnc(SCc2ccc(Cl)cc2)s1)c1ccc(Br)o1. The van der Waals surface area contributed by atoms with E-state index < -0.39 is 0 Å². The third-order valence-corrected chi connectivity index (χ3v) is 5.42. The maximum absolute atomic E-state index is 11.9. The number of nitrogens with zero attached hydrogens (tertiary/aromatic N) is 2. The van der Waals surface area contributed by atoms with Crippen LogP contribution in [0.4, 0.5) is 5.13 Å². The lowest BCUT2D eigenvalue weighted by Crippen LogP contribution is -2.10. The molecule has 5 nitrogen and oxygen atoms in total. The highest BCUT2D eigenvalue weighted by Crippen LogP contribution is 2.29. The number of carbonyl (C=O) groups is 1. The van der Waals surface area contributed by atoms with Crippen LogP contribution in [0.1, 0.15) is 16.1 Å². The van der Waals surface area contributed by atoms with Crippen LogP contribution < -0.4 is 5.32 Å². The maximum atomic E-state index is 11.9. The van der Waals surface area contributed by atoms with Crippen molar-refractivity contribution in [2.45, 2.75) is 10.1 Å². The summed E-state index contributed by atoms with van der Waals surface area (Å²) >= 11 is 11.9. The van der Waals surface area contributed by atoms with E-state index in [4.69, 9.17) is 16.0 Å². The number of hydrogen-bond acceptors (Lipinski definition) is 6. The van der Waals surface area contributed by atoms with Crippen molar-refractivity contribution >= 4 is 61.7 Å². The molecule has 9 heteroatoms. The number of aromatic nitrogens is 2. The molecule has 0 saturated heterocycles. The summed E-state index contributed by atoms with van der Waals surface area (Å²) in [4.78, 5) is 11.9. The Morgan fingerprint density at radius 2 is 2.04 bits per heavy atom. The van der Waals surface area contributed by atoms with E-state index >= 15 is 0 Å². The molecule has 0 spiro atoms. The summed E-state index contributed by atoms with van der Waals surface area (Å²) in [6, 6.07) is 10.9. The topological polar surface area (TPSA) is 68.0 Å². The van der Waals surface area contributed by atoms with Crippen molar-refractivity contribution in [3.63, 3.8) is 0 Å². The lowest BCUT2D eigenvalue weighted by molar-refractivity contribution is 0.0995. The molecule has 0 unspecified atom stereocenters. The molecule has 0 aliphatic heterocycles. The molecule has 0 atom stereocenters. The van der Waals surface area contributed by atoms with Crippen LogP contribution in [0.5, 0.6) is 0 Å². The number of thioether (sulfide) groups is 1. The van der Waals surface area contributed by atoms with Gasteiger partial charge < -0.3 is 4.42 Å². The lowest BCUT2D eigenvalue weighted by Gasteiger charge is -1.98. The zero-order chi connectivity index (χ0) is 16.2. The van der Waals surface area contributed by atoms with Crippen LogP contribution in [0.3, 0.4) is 0 Å². The Kier molecular flexibility index (Phi) is 5.37. The van der Waals surface area contributed by atoms with Gasteiger partial charge in [-0.1, -0.05) is 46.8 Å². The summed E-state index contributed by atoms with van der Waals surface area (Å²) in [7, 11) is 0. The Morgan fingerprint density at radius 3 is 2.74 bits per heavy atom. The van der Waals surface area contributed by atoms with Crippen LogP contribution in [0, 0.1) is 0 Å². The summed E-state index contributed by atoms with van der Waals surface area (Å²) in [6.45, 7) is 0. The summed E-state index contributed by atoms with van der Waals surface area (Å²) in [5.41, 5.74) is 1.14. The van der Waals surface area contributed by atoms with Gasteiger partial charge in [-0.3, -0.25) is 10.1 Å². The van der Waals surface area contributed by atoms with E-state index in [-0.39, 0.29) is 11.7 Å². The fourth-order valence-electron chi connectivity index (χ4n) is 1.64. The number of furan rings is 1. The second-order valence-corrected chi connectivity index (χ2v) is 7.76. The first-order valence-electron chi connectivity index (χ1n) is 6.37. The van der Waals surface area contributed by atoms with E-state index in [1.54, 1.807) is 23.9 Å². The minimum atomic E-state index is -0.360. The molecule has 2 aromatic heterocycles. The van der Waals surface area contributed by atoms with Crippen LogP contribution in [0.15, 0.2) is 49.8 Å². The number of benzene rings is 1. The van der Waals surface area contributed by atoms with Gasteiger partial charge in [0.25, 0.3) is 5.91 Å². The monoisotopic (exact) mass is 429 g/mol. The molecule has 2 heterocycles. The highest BCUT2D eigenvalue weighted by Gasteiger charge is 2.13. The summed E-state index contributed by atoms with van der Waals surface area (Å²) in [5, 5.41) is 11.8. The van der Waals surface area contributed by atoms with Gasteiger partial charge in [-0.15, -0.1) is 10.2 Å². The Hall–Kier alpha value is -1.35. The van der Waals surface area contributed by atoms with Gasteiger partial charge in [0.2, 0.25) is 5.13 Å². The van der Waals surface area contributed by atoms with Crippen LogP contribution in [0.25, 0.3) is 0 Å². The number of hydrogen-bond donors (Lipinski definition) is 1. The van der Waals surface area contributed by atoms with Crippen molar-refractivity contribution in [1.82, 2.24) is 10.2 Å². The van der Waals surface area contributed by atoms with Crippen LogP contribution in [-0.2, 0) is 5.75 Å². The molecule has 0 aliphatic carbocycles. The van der Waals surface area contributed by atoms with Gasteiger partial charge in [0.15, 0.2) is 14.8 Å². The maximum Gasteiger partial charge on any atom is 0.293 e. The quantitative estimate of drug-likeness (QED) is 0.451. The molecular weight excluding hydrogens is 422 g/mol. The van der Waals surface area contributed by atoms with Crippen molar-refractivity contribution < 1.29 is 9.21 Å². The zero-order valence-corrected chi connectivity index (χ0v) is 15.4. The van der Waals surface area contributed by atoms with Gasteiger partial charge in [-0.25, -0.2) is 0 Å². The molecule has 0 bridgehead atoms. The molecule has 0 saturated carbocycles. The van der Waals surface area contributed by atoms with Crippen molar-refractivity contribution in [3.8, 4) is 0 Å². The van der Waals surface area contributed by atoms with Crippen LogP contribution >= 0.6 is 50.6 Å². The van der Waals surface area contributed by atoms with Crippen LogP contribution in [-0.4, -0.2) is 16.1 Å². The average molecular weight is 431 g/mol. The molecule has 1 amide bonds. The summed E-state index contributed by atoms with van der Waals surface area (Å²) < 4.78 is 6.46. The van der Waals surface area contributed by atoms with E-state index in [1.165, 1.54) is 11.3 Å². The Labute approximate surface area is 153 Å². The van der Waals surface area contributed by atoms with Crippen molar-refractivity contribution in [2.75, 3.05) is 5.32 Å². The van der Waals surface area contributed by atoms with Crippen molar-refractivity contribution in [3.05, 3.63) is 57.4 Å². The number of carbonyl (C=O) groups excluding carboxylic acids is 1. The number of nitrogens with one attached hydrogen (secondary N) is 1. The Bertz CT molecular complexity index is 820. The van der Waals surface area contributed by atoms with Crippen LogP contribution in [0.2, 0.25) is 5.02 Å². The van der Waals surface area contributed by atoms with Gasteiger partial charge in [-0.05, 0) is 45.8 Å². The Balaban J connectivity index is 1.57. The molecule has 3 aromatic rings. The first kappa shape index (κ1) is 16.5. The number of anilines is 1. The largest absolute Gasteiger partial charge is 0.444 e. The fourth-order valence-corrected chi connectivity index (χ4v) is 3.77. The second-order valence-electron chi connectivity index (χ2n) is 4.35. The minimum absolute atomic E-state index is 0.211. The highest BCUT2D eigenvalue weighted by atomic mass is 79.9. The van der Waals surface area contributed by atoms with E-state index in [0.717, 1.165) is 15.7 Å². The smallest absolute Gasteiger partial charge is 0.293 e. The van der Waals surface area contributed by atoms with Gasteiger partial charge in [0.1, 0.15) is 0 Å². The third kappa shape index (κ3) is 4.57. The molecule has 0 fully saturated rings. The van der Waals surface area contributed by atoms with E-state index in [2.05, 4.69) is 31.4 Å². The van der Waals surface area contributed by atoms with E-state index in [1.807, 2.05) is 24.3 Å². The Morgan fingerprint density at radius 1 is 1.26 bits per heavy atom. The first-order chi connectivity index (χ1) is 11.1. The number of halogens is 2. The summed E-state index contributed by atoms with van der Waals surface area (Å²) in [6.07, 6.45) is 0. The van der Waals surface area contributed by atoms with Gasteiger partial charge in [0, 0.05) is 10.8 Å². The zero-order valence-electron chi connectivity index (χ0n) is 11.5. The molecule has 118 valence electrons. The van der Waals surface area contributed by atoms with E-state index in [9.17, 15) is 4.79 Å². The average Bonchev–Trinajstić information content (AvgIpc) is 3.16. The molecule has 0 aliphatic rings. The minimum Gasteiger partial charge on any atom is -0.444 e. The predicted octanol–water partition coefficient (Wildman–Crippen LogP) is 5.09. The lowest BCUT2D eigenvalue weighted by atomic mass is 10.2. The third-order valence-electron chi connectivity index (χ3n) is 2.70. The molecule has 1 aromatic carbocycles. The molecule has 1 N–H and O–H groups in total. The van der Waals surface area contributed by atoms with Gasteiger partial charge in [0.05, 0.1) is 0 Å². The van der Waals surface area contributed by atoms with Gasteiger partial charge in [-0.2, -0.15) is 0 Å². The van der Waals surface area contributed by atoms with Crippen molar-refractivity contribution in [1.29, 1.82) is 0 Å². The molecular formula is C14H9BrClN3O2S2. The van der Waals surface area contributed by atoms with Gasteiger partial charge >= 0.3 is 0 Å². The fraction of sp³-hybridized carbons (Fsp3) is 0.0714. The molecule has 0 radical (unpaired) electrons. The molecule has 23 heavy (non-hydrogen) atoms. The normalized spacial score (nSPS) is 10.7. The molecule has 3 rings (SSSR count). The summed E-state index contributed by atoms with van der Waals surface area (Å²) in [5.74, 6) is 0.605. The number of rotatable bonds is 5. The van der Waals surface area contributed by atoms with Crippen molar-refractivity contribution in [2.24, 2.45) is 0 Å². The first-order valence-corrected chi connectivity index (χ1v) is 9.35. The highest BCUT2D eigenvalue weighted by molar-refractivity contribution is 9.10. The number of amides is 1.